The zero-order valence-electron chi connectivity index (χ0n) is 14.6. The first-order chi connectivity index (χ1) is 12.6. The van der Waals surface area contributed by atoms with Crippen LogP contribution in [0.1, 0.15) is 29.1 Å². The van der Waals surface area contributed by atoms with Crippen molar-refractivity contribution in [3.05, 3.63) is 88.1 Å². The van der Waals surface area contributed by atoms with E-state index in [2.05, 4.69) is 10.3 Å². The van der Waals surface area contributed by atoms with Gasteiger partial charge in [-0.1, -0.05) is 48.5 Å². The third-order valence-electron chi connectivity index (χ3n) is 4.12. The molecule has 0 saturated heterocycles. The third kappa shape index (κ3) is 4.77. The van der Waals surface area contributed by atoms with Gasteiger partial charge < -0.3 is 11.1 Å². The number of hydrogen-bond donors (Lipinski definition) is 2. The van der Waals surface area contributed by atoms with Gasteiger partial charge in [-0.2, -0.15) is 0 Å². The summed E-state index contributed by atoms with van der Waals surface area (Å²) in [5.41, 5.74) is 8.57. The van der Waals surface area contributed by atoms with Crippen LogP contribution in [0.5, 0.6) is 0 Å². The van der Waals surface area contributed by atoms with E-state index in [1.54, 1.807) is 11.3 Å². The average Bonchev–Trinajstić information content (AvgIpc) is 3.21. The van der Waals surface area contributed by atoms with Crippen LogP contribution < -0.4 is 11.1 Å². The fraction of sp³-hybridized carbons (Fsp3) is 0.190. The minimum Gasteiger partial charge on any atom is -0.383 e. The molecule has 0 unspecified atom stereocenters. The second kappa shape index (κ2) is 8.74. The molecule has 0 spiro atoms. The highest BCUT2D eigenvalue weighted by atomic mass is 32.1. The van der Waals surface area contributed by atoms with Crippen molar-refractivity contribution in [2.24, 2.45) is 10.7 Å². The summed E-state index contributed by atoms with van der Waals surface area (Å²) in [6.07, 6.45) is -1.05. The van der Waals surface area contributed by atoms with Crippen LogP contribution in [0.2, 0.25) is 0 Å². The average molecular weight is 367 g/mol. The molecule has 0 amide bonds. The Labute approximate surface area is 157 Å². The van der Waals surface area contributed by atoms with E-state index in [0.717, 1.165) is 16.1 Å². The standard InChI is InChI=1S/C21H22FN3S/c1-15(20(22)17-8-3-2-4-9-17)24-14-16-7-5-10-18(13-16)25-21(23)19-11-6-12-26-19/h2-13,15,20,24H,14H2,1H3,(H2,23,25)/t15-,20+/m1/s1. The lowest BCUT2D eigenvalue weighted by molar-refractivity contribution is 0.264. The van der Waals surface area contributed by atoms with Gasteiger partial charge in [0, 0.05) is 12.6 Å². The van der Waals surface area contributed by atoms with E-state index in [1.165, 1.54) is 0 Å². The molecule has 2 aromatic carbocycles. The zero-order chi connectivity index (χ0) is 18.4. The van der Waals surface area contributed by atoms with Crippen LogP contribution in [0, 0.1) is 0 Å². The predicted octanol–water partition coefficient (Wildman–Crippen LogP) is 4.97. The molecule has 1 aromatic heterocycles. The fourth-order valence-corrected chi connectivity index (χ4v) is 3.29. The Bertz CT molecular complexity index is 847. The molecule has 0 aliphatic rings. The number of aliphatic imine (C=N–C) groups is 1. The topological polar surface area (TPSA) is 50.4 Å². The van der Waals surface area contributed by atoms with E-state index < -0.39 is 6.17 Å². The molecule has 0 aliphatic heterocycles. The van der Waals surface area contributed by atoms with E-state index in [9.17, 15) is 4.39 Å². The summed E-state index contributed by atoms with van der Waals surface area (Å²) in [6.45, 7) is 2.42. The van der Waals surface area contributed by atoms with Gasteiger partial charge in [-0.05, 0) is 41.6 Å². The van der Waals surface area contributed by atoms with E-state index in [-0.39, 0.29) is 6.04 Å². The van der Waals surface area contributed by atoms with Gasteiger partial charge in [0.2, 0.25) is 0 Å². The lowest BCUT2D eigenvalue weighted by Crippen LogP contribution is -2.29. The second-order valence-electron chi connectivity index (χ2n) is 6.13. The first-order valence-corrected chi connectivity index (χ1v) is 9.41. The zero-order valence-corrected chi connectivity index (χ0v) is 15.4. The summed E-state index contributed by atoms with van der Waals surface area (Å²) in [4.78, 5) is 5.42. The summed E-state index contributed by atoms with van der Waals surface area (Å²) < 4.78 is 14.5. The lowest BCUT2D eigenvalue weighted by atomic mass is 10.0. The molecule has 0 bridgehead atoms. The summed E-state index contributed by atoms with van der Waals surface area (Å²) in [5, 5.41) is 5.22. The molecule has 3 aromatic rings. The van der Waals surface area contributed by atoms with E-state index in [4.69, 9.17) is 5.73 Å². The largest absolute Gasteiger partial charge is 0.383 e. The number of amidine groups is 1. The van der Waals surface area contributed by atoms with Crippen molar-refractivity contribution < 1.29 is 4.39 Å². The Kier molecular flexibility index (Phi) is 6.15. The molecular weight excluding hydrogens is 345 g/mol. The molecule has 3 nitrogen and oxygen atoms in total. The Hall–Kier alpha value is -2.50. The SMILES string of the molecule is C[C@@H](NCc1cccc(N=C(N)c2cccs2)c1)[C@H](F)c1ccccc1. The first-order valence-electron chi connectivity index (χ1n) is 8.53. The summed E-state index contributed by atoms with van der Waals surface area (Å²) >= 11 is 1.56. The maximum absolute atomic E-state index is 14.5. The van der Waals surface area contributed by atoms with Gasteiger partial charge in [0.1, 0.15) is 12.0 Å². The molecule has 0 radical (unpaired) electrons. The number of alkyl halides is 1. The summed E-state index contributed by atoms with van der Waals surface area (Å²) in [7, 11) is 0. The molecule has 3 N–H and O–H groups in total. The van der Waals surface area contributed by atoms with Gasteiger partial charge >= 0.3 is 0 Å². The number of thiophene rings is 1. The van der Waals surface area contributed by atoms with Crippen LogP contribution in [-0.4, -0.2) is 11.9 Å². The number of nitrogens with one attached hydrogen (secondary N) is 1. The van der Waals surface area contributed by atoms with E-state index in [1.807, 2.05) is 79.0 Å². The second-order valence-corrected chi connectivity index (χ2v) is 7.07. The van der Waals surface area contributed by atoms with Crippen molar-refractivity contribution in [1.29, 1.82) is 0 Å². The van der Waals surface area contributed by atoms with Gasteiger partial charge in [-0.3, -0.25) is 0 Å². The third-order valence-corrected chi connectivity index (χ3v) is 5.01. The lowest BCUT2D eigenvalue weighted by Gasteiger charge is -2.19. The Balaban J connectivity index is 1.63. The smallest absolute Gasteiger partial charge is 0.141 e. The number of nitrogens with zero attached hydrogens (tertiary/aromatic N) is 1. The molecule has 0 saturated carbocycles. The van der Waals surface area contributed by atoms with Crippen LogP contribution in [0.15, 0.2) is 77.1 Å². The van der Waals surface area contributed by atoms with Crippen LogP contribution in [0.4, 0.5) is 10.1 Å². The molecule has 134 valence electrons. The van der Waals surface area contributed by atoms with Crippen molar-refractivity contribution in [2.45, 2.75) is 25.7 Å². The molecule has 3 rings (SSSR count). The Morgan fingerprint density at radius 2 is 1.92 bits per heavy atom. The van der Waals surface area contributed by atoms with Crippen LogP contribution in [0.25, 0.3) is 0 Å². The van der Waals surface area contributed by atoms with Gasteiger partial charge in [0.25, 0.3) is 0 Å². The highest BCUT2D eigenvalue weighted by Crippen LogP contribution is 2.22. The number of halogens is 1. The highest BCUT2D eigenvalue weighted by Gasteiger charge is 2.17. The molecule has 1 heterocycles. The predicted molar refractivity (Wildman–Crippen MR) is 108 cm³/mol. The fourth-order valence-electron chi connectivity index (χ4n) is 2.66. The molecule has 0 fully saturated rings. The molecular formula is C21H22FN3S. The van der Waals surface area contributed by atoms with Crippen LogP contribution >= 0.6 is 11.3 Å². The quantitative estimate of drug-likeness (QED) is 0.457. The molecule has 5 heteroatoms. The maximum Gasteiger partial charge on any atom is 0.141 e. The van der Waals surface area contributed by atoms with Crippen LogP contribution in [0.3, 0.4) is 0 Å². The number of benzene rings is 2. The Morgan fingerprint density at radius 1 is 1.12 bits per heavy atom. The highest BCUT2D eigenvalue weighted by molar-refractivity contribution is 7.12. The van der Waals surface area contributed by atoms with E-state index >= 15 is 0 Å². The number of nitrogens with two attached hydrogens (primary N) is 1. The van der Waals surface area contributed by atoms with Crippen molar-refractivity contribution in [2.75, 3.05) is 0 Å². The molecule has 0 aliphatic carbocycles. The summed E-state index contributed by atoms with van der Waals surface area (Å²) in [6, 6.07) is 20.6. The Morgan fingerprint density at radius 3 is 2.65 bits per heavy atom. The van der Waals surface area contributed by atoms with Gasteiger partial charge in [-0.25, -0.2) is 9.38 Å². The van der Waals surface area contributed by atoms with E-state index in [0.29, 0.717) is 17.9 Å². The molecule has 2 atom stereocenters. The molecule has 26 heavy (non-hydrogen) atoms. The van der Waals surface area contributed by atoms with Crippen molar-refractivity contribution in [1.82, 2.24) is 5.32 Å². The minimum atomic E-state index is -1.05. The van der Waals surface area contributed by atoms with Crippen LogP contribution in [-0.2, 0) is 6.54 Å². The maximum atomic E-state index is 14.5. The van der Waals surface area contributed by atoms with Gasteiger partial charge in [0.15, 0.2) is 0 Å². The number of rotatable bonds is 7. The minimum absolute atomic E-state index is 0.291. The summed E-state index contributed by atoms with van der Waals surface area (Å²) in [5.74, 6) is 0.506. The van der Waals surface area contributed by atoms with Crippen molar-refractivity contribution >= 4 is 22.9 Å². The van der Waals surface area contributed by atoms with Crippen molar-refractivity contribution in [3.8, 4) is 0 Å². The van der Waals surface area contributed by atoms with Crippen molar-refractivity contribution in [3.63, 3.8) is 0 Å². The number of hydrogen-bond acceptors (Lipinski definition) is 3. The van der Waals surface area contributed by atoms with Gasteiger partial charge in [0.05, 0.1) is 10.6 Å². The normalized spacial score (nSPS) is 14.2. The van der Waals surface area contributed by atoms with Gasteiger partial charge in [-0.15, -0.1) is 11.3 Å². The first kappa shape index (κ1) is 18.3. The monoisotopic (exact) mass is 367 g/mol.